The van der Waals surface area contributed by atoms with Crippen molar-refractivity contribution in [1.29, 1.82) is 0 Å². The van der Waals surface area contributed by atoms with Crippen molar-refractivity contribution in [2.45, 2.75) is 19.3 Å². The standard InChI is InChI=1S/C19H21N3O3/c23-17(15-3-1-7-20-11-15)21-8-2-5-19(13-21)6-9-22(14-19)18(24)16-4-10-25-12-16/h1,3-4,7,10-12H,2,5-6,8-9,13-14H2. The molecule has 2 amide bonds. The van der Waals surface area contributed by atoms with E-state index in [-0.39, 0.29) is 17.2 Å². The van der Waals surface area contributed by atoms with Crippen LogP contribution in [0.2, 0.25) is 0 Å². The summed E-state index contributed by atoms with van der Waals surface area (Å²) in [7, 11) is 0. The summed E-state index contributed by atoms with van der Waals surface area (Å²) < 4.78 is 5.02. The summed E-state index contributed by atoms with van der Waals surface area (Å²) in [6, 6.07) is 5.29. The van der Waals surface area contributed by atoms with E-state index >= 15 is 0 Å². The topological polar surface area (TPSA) is 66.7 Å². The highest BCUT2D eigenvalue weighted by atomic mass is 16.3. The Bertz CT molecular complexity index is 759. The first-order chi connectivity index (χ1) is 12.2. The fraction of sp³-hybridized carbons (Fsp3) is 0.421. The van der Waals surface area contributed by atoms with E-state index in [4.69, 9.17) is 4.42 Å². The molecule has 130 valence electrons. The largest absolute Gasteiger partial charge is 0.472 e. The van der Waals surface area contributed by atoms with Crippen LogP contribution < -0.4 is 0 Å². The lowest BCUT2D eigenvalue weighted by Gasteiger charge is -2.40. The van der Waals surface area contributed by atoms with Gasteiger partial charge < -0.3 is 14.2 Å². The molecule has 6 heteroatoms. The van der Waals surface area contributed by atoms with Gasteiger partial charge in [-0.1, -0.05) is 0 Å². The summed E-state index contributed by atoms with van der Waals surface area (Å²) in [5.41, 5.74) is 1.23. The smallest absolute Gasteiger partial charge is 0.257 e. The molecule has 2 saturated heterocycles. The maximum atomic E-state index is 12.7. The van der Waals surface area contributed by atoms with Crippen molar-refractivity contribution in [2.75, 3.05) is 26.2 Å². The Morgan fingerprint density at radius 1 is 1.04 bits per heavy atom. The molecule has 2 aromatic heterocycles. The van der Waals surface area contributed by atoms with Crippen molar-refractivity contribution in [1.82, 2.24) is 14.8 Å². The van der Waals surface area contributed by atoms with Crippen molar-refractivity contribution in [3.8, 4) is 0 Å². The van der Waals surface area contributed by atoms with Gasteiger partial charge in [0.05, 0.1) is 17.4 Å². The molecule has 1 spiro atoms. The number of amides is 2. The van der Waals surface area contributed by atoms with Crippen molar-refractivity contribution >= 4 is 11.8 Å². The number of likely N-dealkylation sites (tertiary alicyclic amines) is 2. The molecule has 4 heterocycles. The molecule has 0 bridgehead atoms. The third kappa shape index (κ3) is 3.04. The number of furan rings is 1. The SMILES string of the molecule is O=C(c1cccnc1)N1CCCC2(CCN(C(=O)c3ccoc3)C2)C1. The van der Waals surface area contributed by atoms with Crippen molar-refractivity contribution in [3.63, 3.8) is 0 Å². The van der Waals surface area contributed by atoms with Crippen LogP contribution in [0.15, 0.2) is 47.5 Å². The van der Waals surface area contributed by atoms with E-state index < -0.39 is 0 Å². The van der Waals surface area contributed by atoms with Crippen LogP contribution in [0.3, 0.4) is 0 Å². The van der Waals surface area contributed by atoms with Gasteiger partial charge in [-0.15, -0.1) is 0 Å². The molecule has 0 N–H and O–H groups in total. The second kappa shape index (κ2) is 6.35. The lowest BCUT2D eigenvalue weighted by Crippen LogP contribution is -2.47. The number of carbonyl (C=O) groups excluding carboxylic acids is 2. The highest BCUT2D eigenvalue weighted by Crippen LogP contribution is 2.39. The second-order valence-corrected chi connectivity index (χ2v) is 7.06. The van der Waals surface area contributed by atoms with Gasteiger partial charge in [-0.3, -0.25) is 14.6 Å². The van der Waals surface area contributed by atoms with Gasteiger partial charge in [0.25, 0.3) is 11.8 Å². The minimum Gasteiger partial charge on any atom is -0.472 e. The molecule has 2 aromatic rings. The van der Waals surface area contributed by atoms with E-state index in [0.29, 0.717) is 24.2 Å². The van der Waals surface area contributed by atoms with Crippen LogP contribution in [0, 0.1) is 5.41 Å². The van der Waals surface area contributed by atoms with E-state index in [2.05, 4.69) is 4.98 Å². The summed E-state index contributed by atoms with van der Waals surface area (Å²) >= 11 is 0. The molecule has 0 radical (unpaired) electrons. The third-order valence-electron chi connectivity index (χ3n) is 5.35. The van der Waals surface area contributed by atoms with Crippen LogP contribution in [-0.2, 0) is 0 Å². The minimum absolute atomic E-state index is 0.00944. The van der Waals surface area contributed by atoms with E-state index in [1.54, 1.807) is 30.6 Å². The number of nitrogens with zero attached hydrogens (tertiary/aromatic N) is 3. The number of rotatable bonds is 2. The molecule has 2 fully saturated rings. The highest BCUT2D eigenvalue weighted by molar-refractivity contribution is 5.94. The molecule has 0 aliphatic carbocycles. The van der Waals surface area contributed by atoms with Crippen LogP contribution in [0.5, 0.6) is 0 Å². The van der Waals surface area contributed by atoms with Crippen LogP contribution in [0.25, 0.3) is 0 Å². The maximum Gasteiger partial charge on any atom is 0.257 e. The van der Waals surface area contributed by atoms with Crippen molar-refractivity contribution < 1.29 is 14.0 Å². The van der Waals surface area contributed by atoms with Crippen molar-refractivity contribution in [3.05, 3.63) is 54.2 Å². The molecule has 1 atom stereocenters. The minimum atomic E-state index is 0.00944. The first kappa shape index (κ1) is 15.9. The molecular weight excluding hydrogens is 318 g/mol. The molecule has 2 aliphatic rings. The molecule has 2 aliphatic heterocycles. The maximum absolute atomic E-state index is 12.7. The summed E-state index contributed by atoms with van der Waals surface area (Å²) in [5, 5.41) is 0. The van der Waals surface area contributed by atoms with Crippen LogP contribution in [0.4, 0.5) is 0 Å². The number of piperidine rings is 1. The number of hydrogen-bond donors (Lipinski definition) is 0. The quantitative estimate of drug-likeness (QED) is 0.843. The second-order valence-electron chi connectivity index (χ2n) is 7.06. The van der Waals surface area contributed by atoms with Gasteiger partial charge in [-0.2, -0.15) is 0 Å². The Kier molecular flexibility index (Phi) is 4.03. The van der Waals surface area contributed by atoms with Gasteiger partial charge in [0.1, 0.15) is 6.26 Å². The first-order valence-electron chi connectivity index (χ1n) is 8.68. The summed E-state index contributed by atoms with van der Waals surface area (Å²) in [6.45, 7) is 2.91. The van der Waals surface area contributed by atoms with Gasteiger partial charge in [-0.25, -0.2) is 0 Å². The normalized spacial score (nSPS) is 23.2. The van der Waals surface area contributed by atoms with Gasteiger partial charge in [0.2, 0.25) is 0 Å². The lowest BCUT2D eigenvalue weighted by molar-refractivity contribution is 0.0515. The molecule has 6 nitrogen and oxygen atoms in total. The summed E-state index contributed by atoms with van der Waals surface area (Å²) in [5.74, 6) is 0.0492. The molecular formula is C19H21N3O3. The van der Waals surface area contributed by atoms with Gasteiger partial charge >= 0.3 is 0 Å². The average Bonchev–Trinajstić information content (AvgIpc) is 3.32. The Balaban J connectivity index is 1.46. The number of carbonyl (C=O) groups is 2. The van der Waals surface area contributed by atoms with E-state index in [0.717, 1.165) is 32.4 Å². The summed E-state index contributed by atoms with van der Waals surface area (Å²) in [4.78, 5) is 33.1. The fourth-order valence-electron chi connectivity index (χ4n) is 4.06. The van der Waals surface area contributed by atoms with E-state index in [1.807, 2.05) is 9.80 Å². The van der Waals surface area contributed by atoms with Crippen LogP contribution >= 0.6 is 0 Å². The molecule has 1 unspecified atom stereocenters. The molecule has 4 rings (SSSR count). The average molecular weight is 339 g/mol. The predicted molar refractivity (Wildman–Crippen MR) is 91.0 cm³/mol. The van der Waals surface area contributed by atoms with Crippen LogP contribution in [-0.4, -0.2) is 52.8 Å². The Labute approximate surface area is 146 Å². The predicted octanol–water partition coefficient (Wildman–Crippen LogP) is 2.44. The Morgan fingerprint density at radius 2 is 1.84 bits per heavy atom. The van der Waals surface area contributed by atoms with Gasteiger partial charge in [-0.05, 0) is 37.5 Å². The highest BCUT2D eigenvalue weighted by Gasteiger charge is 2.44. The fourth-order valence-corrected chi connectivity index (χ4v) is 4.06. The van der Waals surface area contributed by atoms with Gasteiger partial charge in [0, 0.05) is 44.0 Å². The van der Waals surface area contributed by atoms with E-state index in [1.165, 1.54) is 12.5 Å². The molecule has 25 heavy (non-hydrogen) atoms. The van der Waals surface area contributed by atoms with E-state index in [9.17, 15) is 9.59 Å². The zero-order valence-corrected chi connectivity index (χ0v) is 14.1. The third-order valence-corrected chi connectivity index (χ3v) is 5.35. The number of aromatic nitrogens is 1. The lowest BCUT2D eigenvalue weighted by atomic mass is 9.79. The first-order valence-corrected chi connectivity index (χ1v) is 8.68. The number of pyridine rings is 1. The zero-order valence-electron chi connectivity index (χ0n) is 14.1. The number of hydrogen-bond acceptors (Lipinski definition) is 4. The Morgan fingerprint density at radius 3 is 2.56 bits per heavy atom. The Hall–Kier alpha value is -2.63. The van der Waals surface area contributed by atoms with Crippen molar-refractivity contribution in [2.24, 2.45) is 5.41 Å². The molecule has 0 saturated carbocycles. The monoisotopic (exact) mass is 339 g/mol. The zero-order chi connectivity index (χ0) is 17.3. The van der Waals surface area contributed by atoms with Crippen LogP contribution in [0.1, 0.15) is 40.0 Å². The summed E-state index contributed by atoms with van der Waals surface area (Å²) in [6.07, 6.45) is 9.27. The molecule has 0 aromatic carbocycles. The van der Waals surface area contributed by atoms with Gasteiger partial charge in [0.15, 0.2) is 0 Å².